The molecular weight excluding hydrogens is 315 g/mol. The van der Waals surface area contributed by atoms with E-state index in [2.05, 4.69) is 86.2 Å². The van der Waals surface area contributed by atoms with Gasteiger partial charge in [-0.05, 0) is 39.3 Å². The van der Waals surface area contributed by atoms with Crippen molar-refractivity contribution < 1.29 is 3.66 Å². The van der Waals surface area contributed by atoms with Crippen molar-refractivity contribution in [2.24, 2.45) is 0 Å². The lowest BCUT2D eigenvalue weighted by atomic mass is 11.8. The van der Waals surface area contributed by atoms with E-state index in [1.54, 1.807) is 0 Å². The maximum absolute atomic E-state index is 2.91. The van der Waals surface area contributed by atoms with Gasteiger partial charge in [0.25, 0.3) is 0 Å². The fraction of sp³-hybridized carbons (Fsp3) is 1.00. The van der Waals surface area contributed by atoms with Crippen LogP contribution in [0, 0.1) is 0 Å². The summed E-state index contributed by atoms with van der Waals surface area (Å²) < 4.78 is 5.83. The van der Waals surface area contributed by atoms with E-state index < -0.39 is 32.9 Å². The molecule has 0 fully saturated rings. The molecule has 0 spiro atoms. The van der Waals surface area contributed by atoms with Crippen LogP contribution in [-0.4, -0.2) is 40.6 Å². The van der Waals surface area contributed by atoms with E-state index in [-0.39, 0.29) is 0 Å². The van der Waals surface area contributed by atoms with Gasteiger partial charge in [-0.3, -0.25) is 4.00 Å². The molecule has 0 bridgehead atoms. The Balaban J connectivity index is 5.91. The van der Waals surface area contributed by atoms with Crippen LogP contribution < -0.4 is 0 Å². The van der Waals surface area contributed by atoms with Gasteiger partial charge in [-0.15, -0.1) is 0 Å². The van der Waals surface area contributed by atoms with Gasteiger partial charge in [0.2, 0.25) is 8.52 Å². The van der Waals surface area contributed by atoms with Crippen LogP contribution in [0.1, 0.15) is 0 Å². The van der Waals surface area contributed by atoms with Crippen molar-refractivity contribution in [2.45, 2.75) is 78.6 Å². The van der Waals surface area contributed by atoms with Gasteiger partial charge in [-0.1, -0.05) is 39.3 Å². The van der Waals surface area contributed by atoms with E-state index in [1.807, 2.05) is 0 Å². The molecule has 0 aromatic heterocycles. The second-order valence-electron chi connectivity index (χ2n) is 9.40. The topological polar surface area (TPSA) is 6.25 Å². The molecule has 0 aliphatic heterocycles. The Bertz CT molecular complexity index is 313. The summed E-state index contributed by atoms with van der Waals surface area (Å²) in [6.45, 7) is 30.1. The Labute approximate surface area is 127 Å². The van der Waals surface area contributed by atoms with Gasteiger partial charge in [0.1, 0.15) is 16.5 Å². The van der Waals surface area contributed by atoms with Crippen molar-refractivity contribution in [1.82, 2.24) is 4.00 Å². The highest BCUT2D eigenvalue weighted by atomic mass is 31.1. The van der Waals surface area contributed by atoms with E-state index in [0.29, 0.717) is 0 Å². The molecule has 0 aliphatic carbocycles. The summed E-state index contributed by atoms with van der Waals surface area (Å²) in [5.74, 6) is 0. The summed E-state index contributed by atoms with van der Waals surface area (Å²) in [5.41, 5.74) is 0. The van der Waals surface area contributed by atoms with Crippen molar-refractivity contribution in [3.63, 3.8) is 0 Å². The summed E-state index contributed by atoms with van der Waals surface area (Å²) >= 11 is 0. The van der Waals surface area contributed by atoms with Crippen molar-refractivity contribution in [2.75, 3.05) is 0 Å². The zero-order chi connectivity index (χ0) is 15.9. The van der Waals surface area contributed by atoms with Gasteiger partial charge in [0, 0.05) is 0 Å². The largest absolute Gasteiger partial charge is 0.359 e. The molecule has 7 heteroatoms. The zero-order valence-electron chi connectivity index (χ0n) is 15.3. The molecule has 0 saturated heterocycles. The normalized spacial score (nSPS) is 15.2. The van der Waals surface area contributed by atoms with E-state index >= 15 is 0 Å². The summed E-state index contributed by atoms with van der Waals surface area (Å²) in [6, 6.07) is 0. The molecule has 0 radical (unpaired) electrons. The predicted octanol–water partition coefficient (Wildman–Crippen LogP) is 5.69. The van der Waals surface area contributed by atoms with Gasteiger partial charge < -0.3 is 3.66 Å². The van der Waals surface area contributed by atoms with Crippen molar-refractivity contribution in [3.05, 3.63) is 0 Å². The molecule has 0 N–H and O–H groups in total. The van der Waals surface area contributed by atoms with Crippen LogP contribution in [0.5, 0.6) is 0 Å². The third-order valence-corrected chi connectivity index (χ3v) is 24.5. The lowest BCUT2D eigenvalue weighted by molar-refractivity contribution is -0.220. The first kappa shape index (κ1) is 19.9. The number of nitrogens with zero attached hydrogens (tertiary/aromatic N) is 2. The van der Waals surface area contributed by atoms with Crippen molar-refractivity contribution in [3.8, 4) is 0 Å². The highest BCUT2D eigenvalue weighted by molar-refractivity contribution is 7.33. The SMILES string of the molecule is C[Si](C)(C)N(P=[N+]([Si](C)(C)C)[Si](C)(C)C)[Si](C)(C)C. The molecule has 0 rings (SSSR count). The molecule has 19 heavy (non-hydrogen) atoms. The van der Waals surface area contributed by atoms with Crippen molar-refractivity contribution >= 4 is 41.5 Å². The minimum atomic E-state index is -1.26. The molecule has 2 nitrogen and oxygen atoms in total. The van der Waals surface area contributed by atoms with Crippen LogP contribution in [0.2, 0.25) is 78.6 Å². The van der Waals surface area contributed by atoms with Crippen molar-refractivity contribution in [1.29, 1.82) is 0 Å². The van der Waals surface area contributed by atoms with E-state index in [9.17, 15) is 0 Å². The first-order valence-corrected chi connectivity index (χ1v) is 21.9. The minimum Gasteiger partial charge on any atom is -0.359 e. The number of hydrogen-bond donors (Lipinski definition) is 0. The molecule has 0 atom stereocenters. The Morgan fingerprint density at radius 1 is 0.579 bits per heavy atom. The first-order valence-electron chi connectivity index (χ1n) is 7.29. The Morgan fingerprint density at radius 2 is 0.842 bits per heavy atom. The third kappa shape index (κ3) is 6.48. The summed E-state index contributed by atoms with van der Waals surface area (Å²) in [5, 5.41) is 0. The maximum Gasteiger partial charge on any atom is 0.330 e. The lowest BCUT2D eigenvalue weighted by Crippen LogP contribution is -2.57. The van der Waals surface area contributed by atoms with Gasteiger partial charge >= 0.3 is 16.5 Å². The van der Waals surface area contributed by atoms with Crippen LogP contribution in [-0.2, 0) is 0 Å². The molecular formula is C12H36N2PSi4+. The Kier molecular flexibility index (Phi) is 6.26. The van der Waals surface area contributed by atoms with Gasteiger partial charge in [-0.25, -0.2) is 0 Å². The first-order chi connectivity index (χ1) is 7.97. The minimum absolute atomic E-state index is 1.26. The zero-order valence-corrected chi connectivity index (χ0v) is 20.2. The highest BCUT2D eigenvalue weighted by Gasteiger charge is 2.44. The molecule has 0 unspecified atom stereocenters. The molecule has 0 aromatic carbocycles. The van der Waals surface area contributed by atoms with E-state index in [0.717, 1.165) is 0 Å². The van der Waals surface area contributed by atoms with Crippen LogP contribution in [0.3, 0.4) is 0 Å². The fourth-order valence-electron chi connectivity index (χ4n) is 2.64. The number of rotatable bonds is 5. The summed E-state index contributed by atoms with van der Waals surface area (Å²) in [7, 11) is -3.50. The van der Waals surface area contributed by atoms with Crippen LogP contribution in [0.25, 0.3) is 0 Å². The monoisotopic (exact) mass is 351 g/mol. The maximum atomic E-state index is 2.91. The summed E-state index contributed by atoms with van der Waals surface area (Å²) in [4.78, 5) is 0. The molecule has 0 heterocycles. The quantitative estimate of drug-likeness (QED) is 0.456. The average molecular weight is 352 g/mol. The third-order valence-electron chi connectivity index (χ3n) is 2.72. The molecule has 114 valence electrons. The standard InChI is InChI=1S/C12H36N2PSi4/c1-16(2,3)13(17(4,5)6)15-14(18(7,8)9)19(10,11)12/h1-12H3/q+1. The molecule has 0 aliphatic rings. The average Bonchev–Trinajstić information content (AvgIpc) is 1.91. The van der Waals surface area contributed by atoms with Crippen LogP contribution in [0.4, 0.5) is 0 Å². The second-order valence-corrected chi connectivity index (χ2v) is 31.9. The van der Waals surface area contributed by atoms with E-state index in [1.165, 1.54) is 8.52 Å². The molecule has 0 aromatic rings. The fourth-order valence-corrected chi connectivity index (χ4v) is 25.4. The predicted molar refractivity (Wildman–Crippen MR) is 102 cm³/mol. The molecule has 0 saturated carbocycles. The van der Waals surface area contributed by atoms with Gasteiger partial charge in [0.15, 0.2) is 0 Å². The van der Waals surface area contributed by atoms with E-state index in [4.69, 9.17) is 0 Å². The Morgan fingerprint density at radius 3 is 1.00 bits per heavy atom. The Hall–Kier alpha value is 0.928. The number of hydrogen-bond acceptors (Lipinski definition) is 0. The highest BCUT2D eigenvalue weighted by Crippen LogP contribution is 2.32. The van der Waals surface area contributed by atoms with Crippen LogP contribution >= 0.6 is 8.52 Å². The van der Waals surface area contributed by atoms with Gasteiger partial charge in [0.05, 0.1) is 0 Å². The second kappa shape index (κ2) is 5.97. The lowest BCUT2D eigenvalue weighted by Gasteiger charge is -2.39. The summed E-state index contributed by atoms with van der Waals surface area (Å²) in [6.07, 6.45) is 0. The van der Waals surface area contributed by atoms with Crippen LogP contribution in [0.15, 0.2) is 0 Å². The smallest absolute Gasteiger partial charge is 0.330 e. The molecule has 0 amide bonds. The van der Waals surface area contributed by atoms with Gasteiger partial charge in [-0.2, -0.15) is 0 Å².